The molecule has 4 aliphatic heterocycles. The van der Waals surface area contributed by atoms with Crippen LogP contribution < -0.4 is 0 Å². The van der Waals surface area contributed by atoms with E-state index in [1.165, 1.54) is 0 Å². The second-order valence-electron chi connectivity index (χ2n) is 13.6. The summed E-state index contributed by atoms with van der Waals surface area (Å²) in [6.07, 6.45) is 8.51. The SMILES string of the molecule is CC1CC(CCCOCCCC2CC(C)C([N+](=O)[O-])=C3N(Cc4ccc(Cl)nc4)CCN32)N2CCN(Cc3ccc(Cl)nc3)C2=C1[N+](=O)[O-]. The summed E-state index contributed by atoms with van der Waals surface area (Å²) in [5, 5.41) is 25.2. The van der Waals surface area contributed by atoms with E-state index in [0.29, 0.717) is 48.0 Å². The molecule has 2 aromatic rings. The number of hydrogen-bond acceptors (Lipinski definition) is 11. The number of rotatable bonds is 14. The van der Waals surface area contributed by atoms with Gasteiger partial charge in [-0.05, 0) is 61.8 Å². The second-order valence-corrected chi connectivity index (χ2v) is 14.4. The number of aromatic nitrogens is 2. The standard InChI is InChI=1S/C34H44Cl2N8O5/c1-23-17-27(41-13-11-39(33(41)31(23)43(45)46)21-25-7-9-29(35)37-19-25)5-3-15-49-16-4-6-28-18-24(2)32(44(47)48)34-40(12-14-42(28)34)22-26-8-10-30(36)38-20-26/h7-10,19-20,23-24,27-28H,3-6,11-18,21-22H2,1-2H3. The molecule has 6 rings (SSSR count). The van der Waals surface area contributed by atoms with Gasteiger partial charge in [0.1, 0.15) is 10.3 Å². The third-order valence-electron chi connectivity index (χ3n) is 10.3. The van der Waals surface area contributed by atoms with Crippen LogP contribution in [0.15, 0.2) is 59.7 Å². The van der Waals surface area contributed by atoms with Crippen LogP contribution in [0.5, 0.6) is 0 Å². The molecule has 0 spiro atoms. The molecule has 0 amide bonds. The lowest BCUT2D eigenvalue weighted by Gasteiger charge is -2.37. The molecule has 0 saturated carbocycles. The third kappa shape index (κ3) is 7.89. The fourth-order valence-electron chi connectivity index (χ4n) is 8.07. The van der Waals surface area contributed by atoms with Crippen LogP contribution in [0, 0.1) is 32.1 Å². The van der Waals surface area contributed by atoms with Gasteiger partial charge in [0, 0.05) is 77.0 Å². The molecule has 6 heterocycles. The van der Waals surface area contributed by atoms with Crippen molar-refractivity contribution in [3.63, 3.8) is 0 Å². The van der Waals surface area contributed by atoms with Crippen molar-refractivity contribution in [2.24, 2.45) is 11.8 Å². The summed E-state index contributed by atoms with van der Waals surface area (Å²) >= 11 is 11.9. The number of ether oxygens (including phenoxy) is 1. The van der Waals surface area contributed by atoms with Gasteiger partial charge in [-0.15, -0.1) is 0 Å². The van der Waals surface area contributed by atoms with Gasteiger partial charge >= 0.3 is 0 Å². The van der Waals surface area contributed by atoms with Crippen molar-refractivity contribution in [2.75, 3.05) is 39.4 Å². The number of nitro groups is 2. The first kappa shape index (κ1) is 35.2. The smallest absolute Gasteiger partial charge is 0.289 e. The van der Waals surface area contributed by atoms with Crippen molar-refractivity contribution < 1.29 is 14.6 Å². The Morgan fingerprint density at radius 3 is 1.53 bits per heavy atom. The summed E-state index contributed by atoms with van der Waals surface area (Å²) in [6.45, 7) is 9.24. The molecule has 49 heavy (non-hydrogen) atoms. The van der Waals surface area contributed by atoms with Crippen LogP contribution in [-0.2, 0) is 17.8 Å². The van der Waals surface area contributed by atoms with Crippen molar-refractivity contribution in [2.45, 2.75) is 77.5 Å². The first-order valence-electron chi connectivity index (χ1n) is 17.2. The van der Waals surface area contributed by atoms with Crippen LogP contribution in [0.1, 0.15) is 63.5 Å². The number of halogens is 2. The number of fused-ring (bicyclic) bond motifs is 2. The molecule has 264 valence electrons. The maximum Gasteiger partial charge on any atom is 0.289 e. The van der Waals surface area contributed by atoms with E-state index < -0.39 is 0 Å². The minimum Gasteiger partial charge on any atom is -0.381 e. The molecule has 0 radical (unpaired) electrons. The number of nitrogens with zero attached hydrogens (tertiary/aromatic N) is 8. The molecule has 2 saturated heterocycles. The maximum atomic E-state index is 12.2. The highest BCUT2D eigenvalue weighted by Gasteiger charge is 2.46. The minimum absolute atomic E-state index is 0.145. The average Bonchev–Trinajstić information content (AvgIpc) is 3.67. The molecular weight excluding hydrogens is 671 g/mol. The molecule has 15 heteroatoms. The Bertz CT molecular complexity index is 1460. The zero-order chi connectivity index (χ0) is 34.7. The van der Waals surface area contributed by atoms with Crippen molar-refractivity contribution in [3.05, 3.63) is 101 Å². The van der Waals surface area contributed by atoms with Gasteiger partial charge in [0.15, 0.2) is 11.6 Å². The normalized spacial score (nSPS) is 23.8. The maximum absolute atomic E-state index is 12.2. The van der Waals surface area contributed by atoms with E-state index in [1.807, 2.05) is 26.0 Å². The van der Waals surface area contributed by atoms with Crippen molar-refractivity contribution >= 4 is 23.2 Å². The Morgan fingerprint density at radius 2 is 1.16 bits per heavy atom. The average molecular weight is 716 g/mol. The van der Waals surface area contributed by atoms with E-state index in [0.717, 1.165) is 87.5 Å². The predicted molar refractivity (Wildman–Crippen MR) is 185 cm³/mol. The van der Waals surface area contributed by atoms with Crippen LogP contribution in [0.25, 0.3) is 0 Å². The lowest BCUT2D eigenvalue weighted by Crippen LogP contribution is -2.42. The number of hydrogen-bond donors (Lipinski definition) is 0. The predicted octanol–water partition coefficient (Wildman–Crippen LogP) is 6.00. The van der Waals surface area contributed by atoms with Gasteiger partial charge in [0.25, 0.3) is 11.4 Å². The van der Waals surface area contributed by atoms with E-state index in [1.54, 1.807) is 24.5 Å². The Labute approximate surface area is 296 Å². The van der Waals surface area contributed by atoms with Gasteiger partial charge in [-0.2, -0.15) is 0 Å². The topological polar surface area (TPSA) is 134 Å². The van der Waals surface area contributed by atoms with Crippen LogP contribution in [-0.4, -0.2) is 90.9 Å². The van der Waals surface area contributed by atoms with Crippen molar-refractivity contribution in [1.29, 1.82) is 0 Å². The Balaban J connectivity index is 0.987. The fraction of sp³-hybridized carbons (Fsp3) is 0.588. The van der Waals surface area contributed by atoms with Crippen LogP contribution >= 0.6 is 23.2 Å². The molecule has 2 aromatic heterocycles. The molecule has 4 aliphatic rings. The van der Waals surface area contributed by atoms with Gasteiger partial charge in [-0.3, -0.25) is 20.2 Å². The number of pyridine rings is 2. The van der Waals surface area contributed by atoms with E-state index in [4.69, 9.17) is 27.9 Å². The summed E-state index contributed by atoms with van der Waals surface area (Å²) in [4.78, 5) is 41.0. The highest BCUT2D eigenvalue weighted by Crippen LogP contribution is 2.40. The van der Waals surface area contributed by atoms with E-state index in [-0.39, 0.29) is 33.8 Å². The molecule has 0 bridgehead atoms. The highest BCUT2D eigenvalue weighted by atomic mass is 35.5. The lowest BCUT2D eigenvalue weighted by molar-refractivity contribution is -0.438. The molecule has 2 fully saturated rings. The molecule has 0 aromatic carbocycles. The summed E-state index contributed by atoms with van der Waals surface area (Å²) in [5.41, 5.74) is 2.54. The van der Waals surface area contributed by atoms with Crippen LogP contribution in [0.2, 0.25) is 10.3 Å². The lowest BCUT2D eigenvalue weighted by atomic mass is 9.90. The number of allylic oxidation sites excluding steroid dienone is 2. The highest BCUT2D eigenvalue weighted by molar-refractivity contribution is 6.29. The Hall–Kier alpha value is -3.68. The summed E-state index contributed by atoms with van der Waals surface area (Å²) in [5.74, 6) is 1.19. The first-order valence-corrected chi connectivity index (χ1v) is 17.9. The van der Waals surface area contributed by atoms with Crippen LogP contribution in [0.4, 0.5) is 0 Å². The molecule has 0 aliphatic carbocycles. The van der Waals surface area contributed by atoms with Crippen molar-refractivity contribution in [3.8, 4) is 0 Å². The summed E-state index contributed by atoms with van der Waals surface area (Å²) in [7, 11) is 0. The van der Waals surface area contributed by atoms with Gasteiger partial charge in [-0.1, -0.05) is 49.2 Å². The Morgan fingerprint density at radius 1 is 0.735 bits per heavy atom. The monoisotopic (exact) mass is 714 g/mol. The van der Waals surface area contributed by atoms with Gasteiger partial charge in [-0.25, -0.2) is 9.97 Å². The Kier molecular flexibility index (Phi) is 11.1. The third-order valence-corrected chi connectivity index (χ3v) is 10.7. The van der Waals surface area contributed by atoms with E-state index in [2.05, 4.69) is 29.6 Å². The second kappa shape index (κ2) is 15.5. The van der Waals surface area contributed by atoms with E-state index >= 15 is 0 Å². The van der Waals surface area contributed by atoms with Crippen molar-refractivity contribution in [1.82, 2.24) is 29.6 Å². The van der Waals surface area contributed by atoms with E-state index in [9.17, 15) is 20.2 Å². The van der Waals surface area contributed by atoms with Crippen LogP contribution in [0.3, 0.4) is 0 Å². The largest absolute Gasteiger partial charge is 0.381 e. The summed E-state index contributed by atoms with van der Waals surface area (Å²) in [6, 6.07) is 7.77. The van der Waals surface area contributed by atoms with Gasteiger partial charge in [0.05, 0.1) is 21.7 Å². The molecular formula is C34H44Cl2N8O5. The quantitative estimate of drug-likeness (QED) is 0.0986. The fourth-order valence-corrected chi connectivity index (χ4v) is 8.29. The molecule has 4 atom stereocenters. The summed E-state index contributed by atoms with van der Waals surface area (Å²) < 4.78 is 6.10. The molecule has 13 nitrogen and oxygen atoms in total. The molecule has 4 unspecified atom stereocenters. The molecule has 0 N–H and O–H groups in total. The minimum atomic E-state index is -0.203. The zero-order valence-electron chi connectivity index (χ0n) is 28.0. The van der Waals surface area contributed by atoms with Gasteiger partial charge in [0.2, 0.25) is 0 Å². The first-order chi connectivity index (χ1) is 23.6. The van der Waals surface area contributed by atoms with Gasteiger partial charge < -0.3 is 24.3 Å². The zero-order valence-corrected chi connectivity index (χ0v) is 29.6.